The number of hydrogen-bond donors (Lipinski definition) is 1. The van der Waals surface area contributed by atoms with Gasteiger partial charge in [-0.3, -0.25) is 0 Å². The predicted octanol–water partition coefficient (Wildman–Crippen LogP) is 3.67. The second-order valence-corrected chi connectivity index (χ2v) is 7.62. The summed E-state index contributed by atoms with van der Waals surface area (Å²) in [5, 5.41) is 0. The smallest absolute Gasteiger partial charge is 0.0793 e. The maximum atomic E-state index is 6.19. The first-order valence-corrected chi connectivity index (χ1v) is 7.84. The molecule has 0 aliphatic heterocycles. The Hall–Kier alpha value is -0.890. The van der Waals surface area contributed by atoms with Crippen LogP contribution in [0.4, 0.5) is 0 Å². The largest absolute Gasteiger partial charge is 0.393 e. The quantitative estimate of drug-likeness (QED) is 0.831. The van der Waals surface area contributed by atoms with Crippen LogP contribution in [0.15, 0.2) is 30.3 Å². The van der Waals surface area contributed by atoms with E-state index in [1.165, 1.54) is 31.2 Å². The molecule has 4 aliphatic rings. The van der Waals surface area contributed by atoms with E-state index in [1.54, 1.807) is 0 Å². The minimum Gasteiger partial charge on any atom is -0.393 e. The topological polar surface area (TPSA) is 26.0 Å². The second kappa shape index (κ2) is 3.60. The minimum atomic E-state index is 0.174. The van der Waals surface area contributed by atoms with Crippen molar-refractivity contribution in [2.45, 2.75) is 38.0 Å². The van der Waals surface area contributed by atoms with Crippen molar-refractivity contribution in [2.24, 2.45) is 28.9 Å². The van der Waals surface area contributed by atoms with Crippen molar-refractivity contribution in [2.75, 3.05) is 0 Å². The van der Waals surface area contributed by atoms with Gasteiger partial charge in [0.05, 0.1) is 4.99 Å². The third-order valence-corrected chi connectivity index (χ3v) is 6.92. The standard InChI is InChI=1S/C17H21NS/c1-11-12-7-16(13-5-3-2-4-6-13)9-14(11)17(8-12,10-16)15(18)19/h2-6,11-12,14H,7-10H2,1H3,(H2,18,19)/t11?,12-,14?,16?,17?/m0/s1. The molecule has 4 bridgehead atoms. The molecule has 4 aliphatic carbocycles. The summed E-state index contributed by atoms with van der Waals surface area (Å²) in [6, 6.07) is 11.1. The fourth-order valence-corrected chi connectivity index (χ4v) is 6.04. The molecule has 0 heterocycles. The molecule has 4 fully saturated rings. The van der Waals surface area contributed by atoms with Crippen LogP contribution in [0.3, 0.4) is 0 Å². The molecule has 1 nitrogen and oxygen atoms in total. The van der Waals surface area contributed by atoms with Crippen molar-refractivity contribution in [3.8, 4) is 0 Å². The van der Waals surface area contributed by atoms with Crippen molar-refractivity contribution in [1.29, 1.82) is 0 Å². The van der Waals surface area contributed by atoms with E-state index in [9.17, 15) is 0 Å². The van der Waals surface area contributed by atoms with Crippen molar-refractivity contribution in [3.05, 3.63) is 35.9 Å². The molecule has 0 amide bonds. The summed E-state index contributed by atoms with van der Waals surface area (Å²) in [7, 11) is 0. The number of hydrogen-bond acceptors (Lipinski definition) is 1. The van der Waals surface area contributed by atoms with E-state index >= 15 is 0 Å². The lowest BCUT2D eigenvalue weighted by Crippen LogP contribution is -2.40. The van der Waals surface area contributed by atoms with Gasteiger partial charge in [-0.05, 0) is 54.4 Å². The highest BCUT2D eigenvalue weighted by Crippen LogP contribution is 2.72. The first-order valence-electron chi connectivity index (χ1n) is 7.43. The van der Waals surface area contributed by atoms with E-state index in [0.717, 1.165) is 22.7 Å². The predicted molar refractivity (Wildman–Crippen MR) is 82.0 cm³/mol. The molecule has 100 valence electrons. The zero-order valence-corrected chi connectivity index (χ0v) is 12.2. The summed E-state index contributed by atoms with van der Waals surface area (Å²) in [5.74, 6) is 2.36. The Morgan fingerprint density at radius 3 is 2.58 bits per heavy atom. The van der Waals surface area contributed by atoms with E-state index < -0.39 is 0 Å². The van der Waals surface area contributed by atoms with Gasteiger partial charge in [0.25, 0.3) is 0 Å². The monoisotopic (exact) mass is 271 g/mol. The third-order valence-electron chi connectivity index (χ3n) is 6.51. The molecule has 2 N–H and O–H groups in total. The van der Waals surface area contributed by atoms with Crippen LogP contribution >= 0.6 is 12.2 Å². The summed E-state index contributed by atoms with van der Waals surface area (Å²) in [6.07, 6.45) is 5.10. The SMILES string of the molecule is CC1C2CC3(c4ccccc4)C[C@H]1CC2(C(N)=S)C3. The van der Waals surface area contributed by atoms with Crippen molar-refractivity contribution in [1.82, 2.24) is 0 Å². The van der Waals surface area contributed by atoms with Crippen molar-refractivity contribution >= 4 is 17.2 Å². The summed E-state index contributed by atoms with van der Waals surface area (Å²) >= 11 is 5.49. The summed E-state index contributed by atoms with van der Waals surface area (Å²) in [4.78, 5) is 0.796. The first kappa shape index (κ1) is 11.9. The van der Waals surface area contributed by atoms with E-state index in [4.69, 9.17) is 18.0 Å². The molecule has 0 radical (unpaired) electrons. The van der Waals surface area contributed by atoms with Crippen molar-refractivity contribution < 1.29 is 0 Å². The van der Waals surface area contributed by atoms with E-state index in [1.807, 2.05) is 0 Å². The number of nitrogens with two attached hydrogens (primary N) is 1. The van der Waals surface area contributed by atoms with Crippen LogP contribution in [-0.4, -0.2) is 4.99 Å². The maximum absolute atomic E-state index is 6.19. The molecule has 5 rings (SSSR count). The molecule has 5 atom stereocenters. The van der Waals surface area contributed by atoms with Gasteiger partial charge in [0.2, 0.25) is 0 Å². The first-order chi connectivity index (χ1) is 9.07. The Bertz CT molecular complexity index is 539. The summed E-state index contributed by atoms with van der Waals surface area (Å²) < 4.78 is 0. The van der Waals surface area contributed by atoms with Crippen LogP contribution in [0.1, 0.15) is 38.2 Å². The van der Waals surface area contributed by atoms with Crippen LogP contribution in [0.5, 0.6) is 0 Å². The molecule has 1 aromatic rings. The van der Waals surface area contributed by atoms with Gasteiger partial charge in [0, 0.05) is 5.41 Å². The molecule has 0 saturated heterocycles. The van der Waals surface area contributed by atoms with Crippen molar-refractivity contribution in [3.63, 3.8) is 0 Å². The van der Waals surface area contributed by atoms with Crippen LogP contribution in [0.25, 0.3) is 0 Å². The lowest BCUT2D eigenvalue weighted by atomic mass is 9.62. The molecular weight excluding hydrogens is 250 g/mol. The molecular formula is C17H21NS. The van der Waals surface area contributed by atoms with E-state index in [-0.39, 0.29) is 5.41 Å². The van der Waals surface area contributed by atoms with Crippen LogP contribution in [-0.2, 0) is 5.41 Å². The van der Waals surface area contributed by atoms with Gasteiger partial charge in [0.15, 0.2) is 0 Å². The Morgan fingerprint density at radius 1 is 1.21 bits per heavy atom. The van der Waals surface area contributed by atoms with Gasteiger partial charge in [0.1, 0.15) is 0 Å². The highest BCUT2D eigenvalue weighted by Gasteiger charge is 2.68. The van der Waals surface area contributed by atoms with Gasteiger partial charge in [-0.2, -0.15) is 0 Å². The lowest BCUT2D eigenvalue weighted by Gasteiger charge is -2.42. The maximum Gasteiger partial charge on any atom is 0.0793 e. The highest BCUT2D eigenvalue weighted by molar-refractivity contribution is 7.80. The van der Waals surface area contributed by atoms with Gasteiger partial charge >= 0.3 is 0 Å². The van der Waals surface area contributed by atoms with Gasteiger partial charge in [-0.1, -0.05) is 49.5 Å². The van der Waals surface area contributed by atoms with Crippen LogP contribution in [0, 0.1) is 23.2 Å². The Balaban J connectivity index is 1.82. The third kappa shape index (κ3) is 1.33. The van der Waals surface area contributed by atoms with E-state index in [0.29, 0.717) is 5.41 Å². The molecule has 1 aromatic carbocycles. The Morgan fingerprint density at radius 2 is 1.95 bits per heavy atom. The highest BCUT2D eigenvalue weighted by atomic mass is 32.1. The number of thiocarbonyl (C=S) groups is 1. The molecule has 19 heavy (non-hydrogen) atoms. The summed E-state index contributed by atoms with van der Waals surface area (Å²) in [6.45, 7) is 2.43. The molecule has 4 saturated carbocycles. The molecule has 4 unspecified atom stereocenters. The second-order valence-electron chi connectivity index (χ2n) is 7.18. The fraction of sp³-hybridized carbons (Fsp3) is 0.588. The zero-order valence-electron chi connectivity index (χ0n) is 11.4. The number of benzene rings is 1. The molecule has 0 spiro atoms. The Kier molecular flexibility index (Phi) is 2.26. The minimum absolute atomic E-state index is 0.174. The fourth-order valence-electron chi connectivity index (χ4n) is 5.73. The van der Waals surface area contributed by atoms with E-state index in [2.05, 4.69) is 37.3 Å². The number of rotatable bonds is 2. The lowest BCUT2D eigenvalue weighted by molar-refractivity contribution is 0.174. The average Bonchev–Trinajstić information content (AvgIpc) is 2.78. The Labute approximate surface area is 120 Å². The van der Waals surface area contributed by atoms with Crippen LogP contribution in [0.2, 0.25) is 0 Å². The van der Waals surface area contributed by atoms with Gasteiger partial charge in [-0.15, -0.1) is 0 Å². The zero-order chi connectivity index (χ0) is 13.3. The van der Waals surface area contributed by atoms with Gasteiger partial charge < -0.3 is 5.73 Å². The normalized spacial score (nSPS) is 46.7. The van der Waals surface area contributed by atoms with Gasteiger partial charge in [-0.25, -0.2) is 0 Å². The van der Waals surface area contributed by atoms with Crippen LogP contribution < -0.4 is 5.73 Å². The summed E-state index contributed by atoms with van der Waals surface area (Å²) in [5.41, 5.74) is 8.25. The average molecular weight is 271 g/mol. The molecule has 0 aromatic heterocycles. The molecule has 2 heteroatoms.